The zero-order valence-electron chi connectivity index (χ0n) is 12.9. The van der Waals surface area contributed by atoms with E-state index in [4.69, 9.17) is 0 Å². The highest BCUT2D eigenvalue weighted by Gasteiger charge is 2.22. The van der Waals surface area contributed by atoms with E-state index in [9.17, 15) is 8.42 Å². The zero-order valence-corrected chi connectivity index (χ0v) is 14.5. The van der Waals surface area contributed by atoms with Crippen molar-refractivity contribution in [2.75, 3.05) is 13.1 Å². The molecular weight excluding hydrogens is 304 g/mol. The molecular formula is C15H26N2O2S2. The summed E-state index contributed by atoms with van der Waals surface area (Å²) < 4.78 is 27.4. The van der Waals surface area contributed by atoms with Crippen molar-refractivity contribution in [1.82, 2.24) is 10.0 Å². The summed E-state index contributed by atoms with van der Waals surface area (Å²) in [5, 5.41) is 4.95. The normalized spacial score (nSPS) is 23.3. The van der Waals surface area contributed by atoms with E-state index in [1.807, 2.05) is 6.92 Å². The van der Waals surface area contributed by atoms with Gasteiger partial charge in [0.25, 0.3) is 0 Å². The highest BCUT2D eigenvalue weighted by Crippen LogP contribution is 2.28. The van der Waals surface area contributed by atoms with Crippen LogP contribution in [0, 0.1) is 11.8 Å². The molecule has 120 valence electrons. The zero-order chi connectivity index (χ0) is 15.3. The van der Waals surface area contributed by atoms with E-state index in [-0.39, 0.29) is 0 Å². The molecule has 2 N–H and O–H groups in total. The van der Waals surface area contributed by atoms with Crippen LogP contribution in [0.5, 0.6) is 0 Å². The first-order valence-electron chi connectivity index (χ1n) is 7.79. The van der Waals surface area contributed by atoms with Crippen LogP contribution < -0.4 is 10.0 Å². The van der Waals surface area contributed by atoms with Gasteiger partial charge in [0.05, 0.1) is 4.90 Å². The summed E-state index contributed by atoms with van der Waals surface area (Å²) in [6.07, 6.45) is 4.78. The fourth-order valence-electron chi connectivity index (χ4n) is 2.90. The van der Waals surface area contributed by atoms with Gasteiger partial charge in [0, 0.05) is 23.3 Å². The minimum atomic E-state index is -3.35. The van der Waals surface area contributed by atoms with Gasteiger partial charge in [-0.3, -0.25) is 0 Å². The van der Waals surface area contributed by atoms with Crippen LogP contribution in [0.4, 0.5) is 0 Å². The van der Waals surface area contributed by atoms with Gasteiger partial charge in [-0.05, 0) is 37.3 Å². The van der Waals surface area contributed by atoms with Gasteiger partial charge in [0.2, 0.25) is 10.0 Å². The monoisotopic (exact) mass is 330 g/mol. The molecule has 1 aromatic heterocycles. The number of hydrogen-bond donors (Lipinski definition) is 2. The average Bonchev–Trinajstić information content (AvgIpc) is 2.93. The molecule has 1 aliphatic carbocycles. The van der Waals surface area contributed by atoms with Gasteiger partial charge in [-0.25, -0.2) is 13.1 Å². The van der Waals surface area contributed by atoms with Crippen LogP contribution in [0.3, 0.4) is 0 Å². The fourth-order valence-corrected chi connectivity index (χ4v) is 5.26. The van der Waals surface area contributed by atoms with E-state index in [2.05, 4.69) is 17.0 Å². The van der Waals surface area contributed by atoms with Crippen molar-refractivity contribution in [3.05, 3.63) is 16.3 Å². The Morgan fingerprint density at radius 2 is 2.19 bits per heavy atom. The lowest BCUT2D eigenvalue weighted by Gasteiger charge is -2.26. The Hall–Kier alpha value is -0.430. The molecule has 2 atom stereocenters. The Morgan fingerprint density at radius 3 is 2.90 bits per heavy atom. The molecule has 0 aliphatic heterocycles. The Bertz CT molecular complexity index is 540. The number of nitrogens with one attached hydrogen (secondary N) is 2. The lowest BCUT2D eigenvalue weighted by molar-refractivity contribution is 0.283. The predicted molar refractivity (Wildman–Crippen MR) is 88.0 cm³/mol. The maximum absolute atomic E-state index is 12.3. The summed E-state index contributed by atoms with van der Waals surface area (Å²) >= 11 is 1.50. The summed E-state index contributed by atoms with van der Waals surface area (Å²) in [6, 6.07) is 1.78. The number of hydrogen-bond acceptors (Lipinski definition) is 4. The molecule has 0 amide bonds. The molecule has 6 heteroatoms. The molecule has 0 spiro atoms. The van der Waals surface area contributed by atoms with Gasteiger partial charge >= 0.3 is 0 Å². The molecule has 2 rings (SSSR count). The van der Waals surface area contributed by atoms with Crippen molar-refractivity contribution < 1.29 is 8.42 Å². The SMILES string of the molecule is CCNCc1cc(S(=O)(=O)NCC2CCCC(C)C2)cs1. The first kappa shape index (κ1) is 16.9. The summed E-state index contributed by atoms with van der Waals surface area (Å²) in [5.74, 6) is 1.21. The molecule has 21 heavy (non-hydrogen) atoms. The van der Waals surface area contributed by atoms with Crippen LogP contribution in [0.1, 0.15) is 44.4 Å². The average molecular weight is 331 g/mol. The van der Waals surface area contributed by atoms with Gasteiger partial charge in [-0.2, -0.15) is 0 Å². The topological polar surface area (TPSA) is 58.2 Å². The molecule has 0 radical (unpaired) electrons. The Balaban J connectivity index is 1.90. The van der Waals surface area contributed by atoms with Gasteiger partial charge in [0.15, 0.2) is 0 Å². The largest absolute Gasteiger partial charge is 0.312 e. The predicted octanol–water partition coefficient (Wildman–Crippen LogP) is 2.96. The van der Waals surface area contributed by atoms with Gasteiger partial charge in [0.1, 0.15) is 0 Å². The highest BCUT2D eigenvalue weighted by atomic mass is 32.2. The standard InChI is InChI=1S/C15H26N2O2S2/c1-3-16-10-14-8-15(11-20-14)21(18,19)17-9-13-6-4-5-12(2)7-13/h8,11-13,16-17H,3-7,9-10H2,1-2H3. The number of rotatable bonds is 7. The van der Waals surface area contributed by atoms with Crippen LogP contribution in [0.2, 0.25) is 0 Å². The Morgan fingerprint density at radius 1 is 1.38 bits per heavy atom. The maximum Gasteiger partial charge on any atom is 0.241 e. The highest BCUT2D eigenvalue weighted by molar-refractivity contribution is 7.89. The molecule has 4 nitrogen and oxygen atoms in total. The number of sulfonamides is 1. The minimum Gasteiger partial charge on any atom is -0.312 e. The molecule has 1 fully saturated rings. The van der Waals surface area contributed by atoms with E-state index in [0.717, 1.165) is 36.7 Å². The molecule has 1 saturated carbocycles. The smallest absolute Gasteiger partial charge is 0.241 e. The van der Waals surface area contributed by atoms with Gasteiger partial charge < -0.3 is 5.32 Å². The van der Waals surface area contributed by atoms with Gasteiger partial charge in [-0.1, -0.05) is 26.7 Å². The van der Waals surface area contributed by atoms with Crippen molar-refractivity contribution in [1.29, 1.82) is 0 Å². The van der Waals surface area contributed by atoms with Gasteiger partial charge in [-0.15, -0.1) is 11.3 Å². The first-order valence-corrected chi connectivity index (χ1v) is 10.2. The summed E-state index contributed by atoms with van der Waals surface area (Å²) in [6.45, 7) is 6.49. The molecule has 1 heterocycles. The third-order valence-corrected chi connectivity index (χ3v) is 6.59. The maximum atomic E-state index is 12.3. The number of thiophene rings is 1. The van der Waals surface area contributed by atoms with Crippen LogP contribution in [0.25, 0.3) is 0 Å². The summed E-state index contributed by atoms with van der Waals surface area (Å²) in [5.41, 5.74) is 0. The summed E-state index contributed by atoms with van der Waals surface area (Å²) in [4.78, 5) is 1.47. The lowest BCUT2D eigenvalue weighted by atomic mass is 9.83. The first-order chi connectivity index (χ1) is 10.0. The molecule has 2 unspecified atom stereocenters. The van der Waals surface area contributed by atoms with Crippen LogP contribution >= 0.6 is 11.3 Å². The van der Waals surface area contributed by atoms with Crippen molar-refractivity contribution in [2.45, 2.75) is 51.0 Å². The summed E-state index contributed by atoms with van der Waals surface area (Å²) in [7, 11) is -3.35. The second kappa shape index (κ2) is 7.72. The fraction of sp³-hybridized carbons (Fsp3) is 0.733. The third-order valence-electron chi connectivity index (χ3n) is 4.10. The molecule has 0 aromatic carbocycles. The Labute approximate surface area is 132 Å². The lowest BCUT2D eigenvalue weighted by Crippen LogP contribution is -2.31. The van der Waals surface area contributed by atoms with E-state index in [1.54, 1.807) is 11.4 Å². The van der Waals surface area contributed by atoms with Crippen molar-refractivity contribution >= 4 is 21.4 Å². The quantitative estimate of drug-likeness (QED) is 0.808. The van der Waals surface area contributed by atoms with Crippen LogP contribution in [0.15, 0.2) is 16.3 Å². The van der Waals surface area contributed by atoms with Crippen LogP contribution in [-0.2, 0) is 16.6 Å². The minimum absolute atomic E-state index is 0.407. The molecule has 1 aliphatic rings. The van der Waals surface area contributed by atoms with E-state index in [0.29, 0.717) is 17.4 Å². The van der Waals surface area contributed by atoms with Crippen molar-refractivity contribution in [3.63, 3.8) is 0 Å². The van der Waals surface area contributed by atoms with E-state index >= 15 is 0 Å². The van der Waals surface area contributed by atoms with Crippen molar-refractivity contribution in [3.8, 4) is 0 Å². The molecule has 1 aromatic rings. The van der Waals surface area contributed by atoms with E-state index in [1.165, 1.54) is 24.2 Å². The van der Waals surface area contributed by atoms with Crippen LogP contribution in [-0.4, -0.2) is 21.5 Å². The third kappa shape index (κ3) is 5.06. The molecule has 0 bridgehead atoms. The molecule has 0 saturated heterocycles. The second-order valence-corrected chi connectivity index (χ2v) is 8.78. The van der Waals surface area contributed by atoms with Crippen molar-refractivity contribution in [2.24, 2.45) is 11.8 Å². The second-order valence-electron chi connectivity index (χ2n) is 6.02. The van der Waals surface area contributed by atoms with E-state index < -0.39 is 10.0 Å². The Kier molecular flexibility index (Phi) is 6.22.